The summed E-state index contributed by atoms with van der Waals surface area (Å²) in [7, 11) is -1.53. The first-order valence-electron chi connectivity index (χ1n) is 7.39. The smallest absolute Gasteiger partial charge is 0.337 e. The van der Waals surface area contributed by atoms with Gasteiger partial charge < -0.3 is 4.74 Å². The van der Waals surface area contributed by atoms with Crippen LogP contribution in [0.2, 0.25) is 0 Å². The second-order valence-corrected chi connectivity index (χ2v) is 7.40. The summed E-state index contributed by atoms with van der Waals surface area (Å²) in [4.78, 5) is 11.9. The minimum absolute atomic E-state index is 0.301. The number of carbonyl (C=O) groups is 1. The van der Waals surface area contributed by atoms with Crippen molar-refractivity contribution in [1.82, 2.24) is 0 Å². The Kier molecular flexibility index (Phi) is 5.50. The van der Waals surface area contributed by atoms with Gasteiger partial charge in [-0.1, -0.05) is 25.5 Å². The van der Waals surface area contributed by atoms with Crippen LogP contribution >= 0.6 is 10.8 Å². The molecule has 1 heterocycles. The maximum Gasteiger partial charge on any atom is 0.337 e. The number of nitrogens with zero attached hydrogens (tertiary/aromatic N) is 1. The standard InChI is InChI=1S/C16H23NO4S/c1-3-7-13-10-14(16(18)21-2)12-15(11-13)17-8-5-4-6-9-22(17,19)20/h4-5,10-12,19-20H,3,6-9H2,1-2H3. The average Bonchev–Trinajstić information content (AvgIpc) is 2.67. The molecule has 122 valence electrons. The van der Waals surface area contributed by atoms with Gasteiger partial charge in [0.1, 0.15) is 0 Å². The molecule has 0 radical (unpaired) electrons. The largest absolute Gasteiger partial charge is 0.465 e. The van der Waals surface area contributed by atoms with Crippen LogP contribution in [-0.4, -0.2) is 34.5 Å². The number of allylic oxidation sites excluding steroid dienone is 1. The van der Waals surface area contributed by atoms with Crippen molar-refractivity contribution in [2.45, 2.75) is 26.2 Å². The van der Waals surface area contributed by atoms with Gasteiger partial charge in [0.25, 0.3) is 0 Å². The molecule has 0 saturated heterocycles. The highest BCUT2D eigenvalue weighted by atomic mass is 32.3. The van der Waals surface area contributed by atoms with E-state index in [1.54, 1.807) is 16.4 Å². The lowest BCUT2D eigenvalue weighted by Gasteiger charge is -2.43. The first kappa shape index (κ1) is 16.9. The van der Waals surface area contributed by atoms with Crippen LogP contribution in [0, 0.1) is 0 Å². The number of aryl methyl sites for hydroxylation is 1. The van der Waals surface area contributed by atoms with Crippen molar-refractivity contribution < 1.29 is 18.6 Å². The van der Waals surface area contributed by atoms with Gasteiger partial charge in [0.05, 0.1) is 30.7 Å². The van der Waals surface area contributed by atoms with Gasteiger partial charge in [-0.05, 0) is 36.6 Å². The lowest BCUT2D eigenvalue weighted by atomic mass is 10.1. The van der Waals surface area contributed by atoms with Crippen LogP contribution in [0.4, 0.5) is 5.69 Å². The Labute approximate surface area is 133 Å². The van der Waals surface area contributed by atoms with E-state index in [4.69, 9.17) is 4.74 Å². The van der Waals surface area contributed by atoms with Crippen LogP contribution in [0.3, 0.4) is 0 Å². The van der Waals surface area contributed by atoms with Crippen molar-refractivity contribution in [2.24, 2.45) is 0 Å². The summed E-state index contributed by atoms with van der Waals surface area (Å²) >= 11 is 0. The highest BCUT2D eigenvalue weighted by Crippen LogP contribution is 2.48. The van der Waals surface area contributed by atoms with Crippen LogP contribution in [0.25, 0.3) is 0 Å². The Balaban J connectivity index is 2.45. The van der Waals surface area contributed by atoms with Crippen molar-refractivity contribution in [2.75, 3.05) is 23.7 Å². The Bertz CT molecular complexity index is 571. The van der Waals surface area contributed by atoms with E-state index in [1.807, 2.05) is 18.2 Å². The second-order valence-electron chi connectivity index (χ2n) is 5.29. The van der Waals surface area contributed by atoms with Gasteiger partial charge in [-0.25, -0.2) is 4.79 Å². The predicted octanol–water partition coefficient (Wildman–Crippen LogP) is 3.86. The van der Waals surface area contributed by atoms with Crippen molar-refractivity contribution in [3.8, 4) is 0 Å². The number of carbonyl (C=O) groups excluding carboxylic acids is 1. The first-order chi connectivity index (χ1) is 10.5. The Morgan fingerprint density at radius 1 is 1.32 bits per heavy atom. The maximum absolute atomic E-state index is 11.9. The van der Waals surface area contributed by atoms with Gasteiger partial charge in [-0.3, -0.25) is 13.4 Å². The van der Waals surface area contributed by atoms with E-state index in [0.29, 0.717) is 30.0 Å². The molecule has 22 heavy (non-hydrogen) atoms. The summed E-state index contributed by atoms with van der Waals surface area (Å²) in [6.45, 7) is 2.48. The minimum atomic E-state index is -2.88. The number of hydrogen-bond donors (Lipinski definition) is 2. The molecule has 0 unspecified atom stereocenters. The van der Waals surface area contributed by atoms with E-state index in [-0.39, 0.29) is 0 Å². The molecule has 0 spiro atoms. The zero-order valence-electron chi connectivity index (χ0n) is 13.0. The fourth-order valence-electron chi connectivity index (χ4n) is 2.50. The molecule has 0 aromatic heterocycles. The third kappa shape index (κ3) is 3.82. The molecular formula is C16H23NO4S. The van der Waals surface area contributed by atoms with Crippen LogP contribution in [0.5, 0.6) is 0 Å². The number of methoxy groups -OCH3 is 1. The summed E-state index contributed by atoms with van der Waals surface area (Å²) in [5.74, 6) is -0.115. The fraction of sp³-hybridized carbons (Fsp3) is 0.438. The van der Waals surface area contributed by atoms with Gasteiger partial charge in [-0.15, -0.1) is 10.8 Å². The summed E-state index contributed by atoms with van der Waals surface area (Å²) in [5, 5.41) is 0. The lowest BCUT2D eigenvalue weighted by molar-refractivity contribution is 0.0600. The SMILES string of the molecule is CCCc1cc(C(=O)OC)cc(N2CC=CCCS2(O)O)c1. The average molecular weight is 325 g/mol. The number of anilines is 1. The Morgan fingerprint density at radius 3 is 2.77 bits per heavy atom. The topological polar surface area (TPSA) is 70.0 Å². The number of ether oxygens (including phenoxy) is 1. The molecule has 0 fully saturated rings. The molecule has 2 rings (SSSR count). The summed E-state index contributed by atoms with van der Waals surface area (Å²) in [6, 6.07) is 5.39. The first-order valence-corrected chi connectivity index (χ1v) is 9.06. The summed E-state index contributed by atoms with van der Waals surface area (Å²) in [6.07, 6.45) is 6.27. The number of hydrogen-bond acceptors (Lipinski definition) is 5. The zero-order valence-corrected chi connectivity index (χ0v) is 13.8. The number of esters is 1. The van der Waals surface area contributed by atoms with E-state index in [9.17, 15) is 13.9 Å². The highest BCUT2D eigenvalue weighted by Gasteiger charge is 2.24. The van der Waals surface area contributed by atoms with Crippen LogP contribution in [0.1, 0.15) is 35.7 Å². The molecule has 0 bridgehead atoms. The van der Waals surface area contributed by atoms with Gasteiger partial charge in [0.15, 0.2) is 0 Å². The molecule has 1 aliphatic rings. The molecule has 6 heteroatoms. The fourth-order valence-corrected chi connectivity index (χ4v) is 3.95. The van der Waals surface area contributed by atoms with Crippen LogP contribution < -0.4 is 4.31 Å². The molecule has 1 aromatic rings. The molecular weight excluding hydrogens is 302 g/mol. The molecule has 0 saturated carbocycles. The van der Waals surface area contributed by atoms with Gasteiger partial charge in [-0.2, -0.15) is 0 Å². The van der Waals surface area contributed by atoms with Crippen molar-refractivity contribution in [3.05, 3.63) is 41.5 Å². The van der Waals surface area contributed by atoms with Crippen molar-refractivity contribution in [3.63, 3.8) is 0 Å². The predicted molar refractivity (Wildman–Crippen MR) is 90.6 cm³/mol. The van der Waals surface area contributed by atoms with Crippen LogP contribution in [0.15, 0.2) is 30.4 Å². The highest BCUT2D eigenvalue weighted by molar-refractivity contribution is 8.25. The van der Waals surface area contributed by atoms with Gasteiger partial charge in [0, 0.05) is 0 Å². The third-order valence-electron chi connectivity index (χ3n) is 3.57. The number of benzene rings is 1. The van der Waals surface area contributed by atoms with Crippen molar-refractivity contribution >= 4 is 22.4 Å². The summed E-state index contributed by atoms with van der Waals surface area (Å²) < 4.78 is 27.2. The molecule has 0 amide bonds. The molecule has 0 atom stereocenters. The normalized spacial score (nSPS) is 18.6. The molecule has 5 nitrogen and oxygen atoms in total. The second kappa shape index (κ2) is 7.17. The van der Waals surface area contributed by atoms with E-state index in [2.05, 4.69) is 6.92 Å². The minimum Gasteiger partial charge on any atom is -0.465 e. The van der Waals surface area contributed by atoms with E-state index < -0.39 is 16.7 Å². The van der Waals surface area contributed by atoms with Crippen molar-refractivity contribution in [1.29, 1.82) is 0 Å². The van der Waals surface area contributed by atoms with E-state index >= 15 is 0 Å². The van der Waals surface area contributed by atoms with E-state index in [0.717, 1.165) is 18.4 Å². The lowest BCUT2D eigenvalue weighted by Crippen LogP contribution is -2.28. The molecule has 0 aliphatic carbocycles. The number of rotatable bonds is 4. The zero-order chi connectivity index (χ0) is 16.2. The van der Waals surface area contributed by atoms with E-state index in [1.165, 1.54) is 7.11 Å². The molecule has 1 aliphatic heterocycles. The maximum atomic E-state index is 11.9. The van der Waals surface area contributed by atoms with Gasteiger partial charge >= 0.3 is 5.97 Å². The Hall–Kier alpha value is -1.50. The van der Waals surface area contributed by atoms with Crippen LogP contribution in [-0.2, 0) is 11.2 Å². The quantitative estimate of drug-likeness (QED) is 0.650. The molecule has 2 N–H and O–H groups in total. The van der Waals surface area contributed by atoms with Gasteiger partial charge in [0.2, 0.25) is 0 Å². The Morgan fingerprint density at radius 2 is 2.09 bits per heavy atom. The third-order valence-corrected chi connectivity index (χ3v) is 5.42. The summed E-state index contributed by atoms with van der Waals surface area (Å²) in [5.41, 5.74) is 2.08. The molecule has 1 aromatic carbocycles. The monoisotopic (exact) mass is 325 g/mol.